The number of rotatable bonds is 9. The number of anilines is 2. The number of benzene rings is 2. The van der Waals surface area contributed by atoms with E-state index >= 15 is 0 Å². The summed E-state index contributed by atoms with van der Waals surface area (Å²) >= 11 is 5.56. The van der Waals surface area contributed by atoms with Gasteiger partial charge in [-0.05, 0) is 80.2 Å². The Kier molecular flexibility index (Phi) is 8.64. The molecule has 1 heterocycles. The Morgan fingerprint density at radius 2 is 1.75 bits per heavy atom. The minimum Gasteiger partial charge on any atom is -0.497 e. The number of hydrogen-bond acceptors (Lipinski definition) is 7. The monoisotopic (exact) mass is 508 g/mol. The van der Waals surface area contributed by atoms with Crippen LogP contribution < -0.4 is 30.3 Å². The molecule has 1 fully saturated rings. The van der Waals surface area contributed by atoms with Crippen LogP contribution >= 0.6 is 12.2 Å². The van der Waals surface area contributed by atoms with Gasteiger partial charge in [0, 0.05) is 38.1 Å². The first-order chi connectivity index (χ1) is 17.5. The van der Waals surface area contributed by atoms with Gasteiger partial charge < -0.3 is 30.3 Å². The molecule has 0 spiro atoms. The molecule has 3 N–H and O–H groups in total. The number of thiocarbonyl (C=S) groups is 1. The van der Waals surface area contributed by atoms with E-state index in [1.807, 2.05) is 55.4 Å². The molecule has 0 atom stereocenters. The molecule has 1 saturated carbocycles. The minimum atomic E-state index is 0.348. The molecule has 0 bridgehead atoms. The van der Waals surface area contributed by atoms with E-state index in [0.29, 0.717) is 23.1 Å². The highest BCUT2D eigenvalue weighted by molar-refractivity contribution is 7.80. The lowest BCUT2D eigenvalue weighted by Crippen LogP contribution is -2.45. The summed E-state index contributed by atoms with van der Waals surface area (Å²) in [5, 5.41) is 12.1. The third-order valence-corrected chi connectivity index (χ3v) is 6.83. The molecule has 192 valence electrons. The SMILES string of the molecule is COc1ccc(OC)c(CCNC(=S)NC2CCC(Nc3nc(N(C)C)c4ccccc4n3)CC2)c1. The Bertz CT molecular complexity index is 1180. The quantitative estimate of drug-likeness (QED) is 0.369. The van der Waals surface area contributed by atoms with E-state index in [0.717, 1.165) is 72.4 Å². The van der Waals surface area contributed by atoms with Gasteiger partial charge in [-0.2, -0.15) is 4.98 Å². The normalized spacial score (nSPS) is 17.3. The predicted octanol–water partition coefficient (Wildman–Crippen LogP) is 4.14. The van der Waals surface area contributed by atoms with E-state index in [1.165, 1.54) is 0 Å². The molecule has 0 amide bonds. The molecular formula is C27H36N6O2S. The van der Waals surface area contributed by atoms with E-state index in [9.17, 15) is 0 Å². The van der Waals surface area contributed by atoms with Gasteiger partial charge in [-0.3, -0.25) is 0 Å². The van der Waals surface area contributed by atoms with Gasteiger partial charge in [-0.15, -0.1) is 0 Å². The smallest absolute Gasteiger partial charge is 0.225 e. The topological polar surface area (TPSA) is 83.6 Å². The van der Waals surface area contributed by atoms with Gasteiger partial charge in [0.15, 0.2) is 5.11 Å². The molecule has 4 rings (SSSR count). The van der Waals surface area contributed by atoms with Crippen LogP contribution in [0.15, 0.2) is 42.5 Å². The zero-order valence-electron chi connectivity index (χ0n) is 21.5. The number of para-hydroxylation sites is 1. The van der Waals surface area contributed by atoms with E-state index in [1.54, 1.807) is 14.2 Å². The Morgan fingerprint density at radius 3 is 2.47 bits per heavy atom. The third-order valence-electron chi connectivity index (χ3n) is 6.57. The van der Waals surface area contributed by atoms with Crippen molar-refractivity contribution in [3.63, 3.8) is 0 Å². The number of nitrogens with zero attached hydrogens (tertiary/aromatic N) is 3. The summed E-state index contributed by atoms with van der Waals surface area (Å²) < 4.78 is 10.8. The molecule has 3 aromatic rings. The van der Waals surface area contributed by atoms with Crippen LogP contribution in [0.4, 0.5) is 11.8 Å². The van der Waals surface area contributed by atoms with Gasteiger partial charge in [0.05, 0.1) is 19.7 Å². The minimum absolute atomic E-state index is 0.348. The van der Waals surface area contributed by atoms with Crippen LogP contribution in [0.25, 0.3) is 10.9 Å². The van der Waals surface area contributed by atoms with Gasteiger partial charge in [0.2, 0.25) is 5.95 Å². The van der Waals surface area contributed by atoms with Crippen LogP contribution in [0.2, 0.25) is 0 Å². The van der Waals surface area contributed by atoms with Crippen LogP contribution in [0.1, 0.15) is 31.2 Å². The molecule has 36 heavy (non-hydrogen) atoms. The average Bonchev–Trinajstić information content (AvgIpc) is 2.89. The molecule has 0 aliphatic heterocycles. The molecule has 2 aromatic carbocycles. The molecule has 1 aliphatic rings. The molecule has 9 heteroatoms. The number of nitrogens with one attached hydrogen (secondary N) is 3. The van der Waals surface area contributed by atoms with Gasteiger partial charge in [-0.1, -0.05) is 12.1 Å². The third kappa shape index (κ3) is 6.46. The van der Waals surface area contributed by atoms with E-state index in [4.69, 9.17) is 31.7 Å². The second-order valence-electron chi connectivity index (χ2n) is 9.30. The van der Waals surface area contributed by atoms with Crippen molar-refractivity contribution in [3.05, 3.63) is 48.0 Å². The maximum atomic E-state index is 5.56. The maximum Gasteiger partial charge on any atom is 0.225 e. The van der Waals surface area contributed by atoms with Crippen molar-refractivity contribution < 1.29 is 9.47 Å². The lowest BCUT2D eigenvalue weighted by Gasteiger charge is -2.30. The highest BCUT2D eigenvalue weighted by Gasteiger charge is 2.23. The number of hydrogen-bond donors (Lipinski definition) is 3. The van der Waals surface area contributed by atoms with Crippen LogP contribution in [0.5, 0.6) is 11.5 Å². The van der Waals surface area contributed by atoms with E-state index < -0.39 is 0 Å². The Labute approximate surface area is 218 Å². The van der Waals surface area contributed by atoms with Gasteiger partial charge in [-0.25, -0.2) is 4.98 Å². The lowest BCUT2D eigenvalue weighted by atomic mass is 9.91. The zero-order valence-corrected chi connectivity index (χ0v) is 22.3. The van der Waals surface area contributed by atoms with Crippen molar-refractivity contribution in [2.45, 2.75) is 44.2 Å². The Morgan fingerprint density at radius 1 is 1.00 bits per heavy atom. The fourth-order valence-corrected chi connectivity index (χ4v) is 4.92. The first kappa shape index (κ1) is 25.8. The predicted molar refractivity (Wildman–Crippen MR) is 151 cm³/mol. The van der Waals surface area contributed by atoms with E-state index in [-0.39, 0.29) is 0 Å². The summed E-state index contributed by atoms with van der Waals surface area (Å²) in [6.45, 7) is 0.722. The van der Waals surface area contributed by atoms with Crippen molar-refractivity contribution >= 4 is 40.0 Å². The largest absolute Gasteiger partial charge is 0.497 e. The molecule has 8 nitrogen and oxygen atoms in total. The molecule has 1 aliphatic carbocycles. The number of fused-ring (bicyclic) bond motifs is 1. The molecule has 0 radical (unpaired) electrons. The number of aromatic nitrogens is 2. The summed E-state index contributed by atoms with van der Waals surface area (Å²) in [4.78, 5) is 11.6. The van der Waals surface area contributed by atoms with Crippen molar-refractivity contribution in [2.75, 3.05) is 45.1 Å². The Balaban J connectivity index is 1.24. The van der Waals surface area contributed by atoms with Gasteiger partial charge in [0.1, 0.15) is 17.3 Å². The van der Waals surface area contributed by atoms with Gasteiger partial charge in [0.25, 0.3) is 0 Å². The van der Waals surface area contributed by atoms with Crippen LogP contribution in [0.3, 0.4) is 0 Å². The van der Waals surface area contributed by atoms with Crippen LogP contribution in [-0.4, -0.2) is 62.0 Å². The summed E-state index contributed by atoms with van der Waals surface area (Å²) in [6.07, 6.45) is 4.94. The number of ether oxygens (including phenoxy) is 2. The zero-order chi connectivity index (χ0) is 25.5. The van der Waals surface area contributed by atoms with Crippen molar-refractivity contribution in [2.24, 2.45) is 0 Å². The molecule has 1 aromatic heterocycles. The summed E-state index contributed by atoms with van der Waals surface area (Å²) in [5.74, 6) is 3.31. The standard InChI is InChI=1S/C27H36N6O2S/c1-33(2)25-22-7-5-6-8-23(22)31-26(32-25)29-19-9-11-20(12-10-19)30-27(36)28-16-15-18-17-21(34-3)13-14-24(18)35-4/h5-8,13-14,17,19-20H,9-12,15-16H2,1-4H3,(H2,28,30,36)(H,29,31,32). The lowest BCUT2D eigenvalue weighted by molar-refractivity contribution is 0.385. The van der Waals surface area contributed by atoms with Crippen molar-refractivity contribution in [3.8, 4) is 11.5 Å². The van der Waals surface area contributed by atoms with Crippen LogP contribution in [0, 0.1) is 0 Å². The summed E-state index contributed by atoms with van der Waals surface area (Å²) in [5.41, 5.74) is 2.05. The summed E-state index contributed by atoms with van der Waals surface area (Å²) in [6, 6.07) is 14.7. The van der Waals surface area contributed by atoms with Crippen molar-refractivity contribution in [1.29, 1.82) is 0 Å². The van der Waals surface area contributed by atoms with Crippen LogP contribution in [-0.2, 0) is 6.42 Å². The highest BCUT2D eigenvalue weighted by atomic mass is 32.1. The number of methoxy groups -OCH3 is 2. The second kappa shape index (κ2) is 12.1. The fourth-order valence-electron chi connectivity index (χ4n) is 4.65. The average molecular weight is 509 g/mol. The maximum absolute atomic E-state index is 5.56. The van der Waals surface area contributed by atoms with Gasteiger partial charge >= 0.3 is 0 Å². The molecule has 0 saturated heterocycles. The first-order valence-electron chi connectivity index (χ1n) is 12.4. The Hall–Kier alpha value is -3.33. The summed E-state index contributed by atoms with van der Waals surface area (Å²) in [7, 11) is 7.38. The second-order valence-corrected chi connectivity index (χ2v) is 9.71. The molecular weight excluding hydrogens is 472 g/mol. The fraction of sp³-hybridized carbons (Fsp3) is 0.444. The molecule has 0 unspecified atom stereocenters. The van der Waals surface area contributed by atoms with Crippen molar-refractivity contribution in [1.82, 2.24) is 20.6 Å². The highest BCUT2D eigenvalue weighted by Crippen LogP contribution is 2.27. The van der Waals surface area contributed by atoms with E-state index in [2.05, 4.69) is 22.0 Å². The first-order valence-corrected chi connectivity index (χ1v) is 12.8.